The lowest BCUT2D eigenvalue weighted by Gasteiger charge is -2.12. The molecule has 0 atom stereocenters. The van der Waals surface area contributed by atoms with Gasteiger partial charge in [-0.15, -0.1) is 11.8 Å². The van der Waals surface area contributed by atoms with Crippen molar-refractivity contribution in [3.63, 3.8) is 0 Å². The highest BCUT2D eigenvalue weighted by molar-refractivity contribution is 8.00. The van der Waals surface area contributed by atoms with Crippen molar-refractivity contribution in [3.05, 3.63) is 35.0 Å². The van der Waals surface area contributed by atoms with Crippen LogP contribution in [0.4, 0.5) is 11.5 Å². The van der Waals surface area contributed by atoms with E-state index in [2.05, 4.69) is 15.8 Å². The van der Waals surface area contributed by atoms with E-state index < -0.39 is 0 Å². The SMILES string of the molecule is Cc1cc(NC(=O)CSCC(=O)Nc2ccc(OCC(C)C)c(Cl)c2)no1. The van der Waals surface area contributed by atoms with Crippen molar-refractivity contribution in [2.75, 3.05) is 28.7 Å². The van der Waals surface area contributed by atoms with Crippen LogP contribution in [0, 0.1) is 12.8 Å². The Morgan fingerprint density at radius 2 is 1.93 bits per heavy atom. The lowest BCUT2D eigenvalue weighted by Crippen LogP contribution is -2.18. The van der Waals surface area contributed by atoms with Gasteiger partial charge in [0.2, 0.25) is 11.8 Å². The molecule has 27 heavy (non-hydrogen) atoms. The third kappa shape index (κ3) is 7.52. The van der Waals surface area contributed by atoms with Gasteiger partial charge in [-0.3, -0.25) is 9.59 Å². The molecule has 7 nitrogen and oxygen atoms in total. The maximum Gasteiger partial charge on any atom is 0.235 e. The van der Waals surface area contributed by atoms with Crippen LogP contribution in [0.2, 0.25) is 5.02 Å². The Morgan fingerprint density at radius 3 is 2.52 bits per heavy atom. The number of aromatic nitrogens is 1. The molecule has 0 radical (unpaired) electrons. The third-order valence-electron chi connectivity index (χ3n) is 3.15. The molecule has 9 heteroatoms. The second-order valence-electron chi connectivity index (χ2n) is 6.26. The van der Waals surface area contributed by atoms with Gasteiger partial charge in [0.25, 0.3) is 0 Å². The smallest absolute Gasteiger partial charge is 0.235 e. The Kier molecular flexibility index (Phi) is 7.99. The second-order valence-corrected chi connectivity index (χ2v) is 7.65. The summed E-state index contributed by atoms with van der Waals surface area (Å²) in [6.07, 6.45) is 0. The van der Waals surface area contributed by atoms with Crippen molar-refractivity contribution in [2.24, 2.45) is 5.92 Å². The van der Waals surface area contributed by atoms with Crippen molar-refractivity contribution in [1.29, 1.82) is 0 Å². The second kappa shape index (κ2) is 10.2. The van der Waals surface area contributed by atoms with E-state index in [-0.39, 0.29) is 23.3 Å². The first-order valence-electron chi connectivity index (χ1n) is 8.36. The van der Waals surface area contributed by atoms with E-state index in [1.165, 1.54) is 11.8 Å². The van der Waals surface area contributed by atoms with Gasteiger partial charge in [-0.25, -0.2) is 0 Å². The molecule has 2 aromatic rings. The number of anilines is 2. The van der Waals surface area contributed by atoms with E-state index >= 15 is 0 Å². The van der Waals surface area contributed by atoms with Gasteiger partial charge in [-0.2, -0.15) is 0 Å². The van der Waals surface area contributed by atoms with E-state index in [0.717, 1.165) is 0 Å². The maximum absolute atomic E-state index is 12.0. The average molecular weight is 412 g/mol. The number of aryl methyl sites for hydroxylation is 1. The molecular weight excluding hydrogens is 390 g/mol. The van der Waals surface area contributed by atoms with Gasteiger partial charge in [0.05, 0.1) is 23.1 Å². The van der Waals surface area contributed by atoms with Crippen LogP contribution in [-0.4, -0.2) is 35.1 Å². The normalized spacial score (nSPS) is 10.7. The minimum Gasteiger partial charge on any atom is -0.492 e. The number of thioether (sulfide) groups is 1. The first kappa shape index (κ1) is 21.1. The topological polar surface area (TPSA) is 93.5 Å². The van der Waals surface area contributed by atoms with Crippen LogP contribution in [0.15, 0.2) is 28.8 Å². The van der Waals surface area contributed by atoms with Crippen molar-refractivity contribution >= 4 is 46.7 Å². The van der Waals surface area contributed by atoms with E-state index in [0.29, 0.717) is 40.6 Å². The van der Waals surface area contributed by atoms with E-state index in [4.69, 9.17) is 20.9 Å². The molecule has 2 amide bonds. The molecule has 0 unspecified atom stereocenters. The van der Waals surface area contributed by atoms with Gasteiger partial charge in [0.15, 0.2) is 5.82 Å². The highest BCUT2D eigenvalue weighted by Crippen LogP contribution is 2.28. The van der Waals surface area contributed by atoms with Crippen LogP contribution in [0.25, 0.3) is 0 Å². The van der Waals surface area contributed by atoms with Crippen LogP contribution in [-0.2, 0) is 9.59 Å². The summed E-state index contributed by atoms with van der Waals surface area (Å²) in [6, 6.07) is 6.71. The first-order chi connectivity index (χ1) is 12.8. The minimum atomic E-state index is -0.254. The average Bonchev–Trinajstić information content (AvgIpc) is 2.98. The molecule has 0 aliphatic rings. The fourth-order valence-corrected chi connectivity index (χ4v) is 2.84. The number of amides is 2. The van der Waals surface area contributed by atoms with Crippen molar-refractivity contribution in [2.45, 2.75) is 20.8 Å². The van der Waals surface area contributed by atoms with Gasteiger partial charge < -0.3 is 19.9 Å². The Labute approximate surface area is 167 Å². The zero-order valence-electron chi connectivity index (χ0n) is 15.4. The molecule has 1 heterocycles. The number of nitrogens with one attached hydrogen (secondary N) is 2. The fraction of sp³-hybridized carbons (Fsp3) is 0.389. The Morgan fingerprint density at radius 1 is 1.22 bits per heavy atom. The third-order valence-corrected chi connectivity index (χ3v) is 4.38. The van der Waals surface area contributed by atoms with Gasteiger partial charge >= 0.3 is 0 Å². The van der Waals surface area contributed by atoms with Crippen molar-refractivity contribution in [1.82, 2.24) is 5.16 Å². The number of carbonyl (C=O) groups is 2. The van der Waals surface area contributed by atoms with Crippen molar-refractivity contribution in [3.8, 4) is 5.75 Å². The van der Waals surface area contributed by atoms with Crippen LogP contribution in [0.5, 0.6) is 5.75 Å². The zero-order valence-corrected chi connectivity index (χ0v) is 16.9. The number of carbonyl (C=O) groups excluding carboxylic acids is 2. The number of halogens is 1. The molecule has 146 valence electrons. The molecule has 0 fully saturated rings. The van der Waals surface area contributed by atoms with E-state index in [9.17, 15) is 9.59 Å². The Balaban J connectivity index is 1.73. The standard InChI is InChI=1S/C18H22ClN3O4S/c1-11(2)8-25-15-5-4-13(7-14(15)19)20-17(23)9-27-10-18(24)21-16-6-12(3)26-22-16/h4-7,11H,8-10H2,1-3H3,(H,20,23)(H,21,22,24). The predicted octanol–water partition coefficient (Wildman–Crippen LogP) is 3.98. The molecule has 0 spiro atoms. The summed E-state index contributed by atoms with van der Waals surface area (Å²) >= 11 is 7.37. The zero-order chi connectivity index (χ0) is 19.8. The lowest BCUT2D eigenvalue weighted by atomic mass is 10.2. The molecular formula is C18H22ClN3O4S. The summed E-state index contributed by atoms with van der Waals surface area (Å²) < 4.78 is 10.5. The lowest BCUT2D eigenvalue weighted by molar-refractivity contribution is -0.114. The first-order valence-corrected chi connectivity index (χ1v) is 9.90. The number of nitrogens with zero attached hydrogens (tertiary/aromatic N) is 1. The largest absolute Gasteiger partial charge is 0.492 e. The summed E-state index contributed by atoms with van der Waals surface area (Å²) in [5.41, 5.74) is 0.574. The van der Waals surface area contributed by atoms with E-state index in [1.807, 2.05) is 13.8 Å². The number of ether oxygens (including phenoxy) is 1. The Bertz CT molecular complexity index is 795. The highest BCUT2D eigenvalue weighted by Gasteiger charge is 2.10. The quantitative estimate of drug-likeness (QED) is 0.648. The number of hydrogen-bond donors (Lipinski definition) is 2. The molecule has 2 rings (SSSR count). The molecule has 0 saturated heterocycles. The van der Waals surface area contributed by atoms with Gasteiger partial charge in [0.1, 0.15) is 11.5 Å². The summed E-state index contributed by atoms with van der Waals surface area (Å²) in [4.78, 5) is 23.8. The molecule has 0 saturated carbocycles. The maximum atomic E-state index is 12.0. The van der Waals surface area contributed by atoms with Gasteiger partial charge in [-0.1, -0.05) is 30.6 Å². The molecule has 0 aliphatic heterocycles. The number of rotatable bonds is 9. The van der Waals surface area contributed by atoms with Gasteiger partial charge in [0, 0.05) is 11.8 Å². The molecule has 1 aromatic carbocycles. The minimum absolute atomic E-state index is 0.127. The van der Waals surface area contributed by atoms with Crippen LogP contribution >= 0.6 is 23.4 Å². The van der Waals surface area contributed by atoms with Crippen LogP contribution in [0.1, 0.15) is 19.6 Å². The number of hydrogen-bond acceptors (Lipinski definition) is 6. The van der Waals surface area contributed by atoms with E-state index in [1.54, 1.807) is 31.2 Å². The van der Waals surface area contributed by atoms with Gasteiger partial charge in [-0.05, 0) is 31.0 Å². The summed E-state index contributed by atoms with van der Waals surface area (Å²) in [5, 5.41) is 9.44. The summed E-state index contributed by atoms with van der Waals surface area (Å²) in [6.45, 7) is 6.40. The number of benzene rings is 1. The molecule has 2 N–H and O–H groups in total. The van der Waals surface area contributed by atoms with Crippen molar-refractivity contribution < 1.29 is 18.8 Å². The monoisotopic (exact) mass is 411 g/mol. The summed E-state index contributed by atoms with van der Waals surface area (Å²) in [5.74, 6) is 1.72. The molecule has 0 bridgehead atoms. The molecule has 1 aromatic heterocycles. The predicted molar refractivity (Wildman–Crippen MR) is 108 cm³/mol. The van der Waals surface area contributed by atoms with Crippen LogP contribution in [0.3, 0.4) is 0 Å². The highest BCUT2D eigenvalue weighted by atomic mass is 35.5. The fourth-order valence-electron chi connectivity index (χ4n) is 1.99. The molecule has 0 aliphatic carbocycles. The summed E-state index contributed by atoms with van der Waals surface area (Å²) in [7, 11) is 0. The van der Waals surface area contributed by atoms with Crippen LogP contribution < -0.4 is 15.4 Å². The Hall–Kier alpha value is -2.19.